The van der Waals surface area contributed by atoms with Crippen LogP contribution in [0.25, 0.3) is 0 Å². The van der Waals surface area contributed by atoms with E-state index in [4.69, 9.17) is 5.73 Å². The fraction of sp³-hybridized carbons (Fsp3) is 0.333. The van der Waals surface area contributed by atoms with E-state index < -0.39 is 0 Å². The van der Waals surface area contributed by atoms with Crippen LogP contribution in [0.5, 0.6) is 0 Å². The van der Waals surface area contributed by atoms with Crippen molar-refractivity contribution in [3.05, 3.63) is 56.2 Å². The monoisotopic (exact) mass is 321 g/mol. The van der Waals surface area contributed by atoms with Crippen LogP contribution in [-0.2, 0) is 0 Å². The number of nitrogens with two attached hydrogens (primary N) is 1. The van der Waals surface area contributed by atoms with Crippen molar-refractivity contribution in [2.24, 2.45) is 5.73 Å². The van der Waals surface area contributed by atoms with E-state index in [-0.39, 0.29) is 6.04 Å². The van der Waals surface area contributed by atoms with E-state index in [1.54, 1.807) is 11.3 Å². The van der Waals surface area contributed by atoms with Crippen LogP contribution in [0.15, 0.2) is 40.2 Å². The molecule has 2 N–H and O–H groups in total. The second-order valence-electron chi connectivity index (χ2n) is 4.90. The molecular weight excluding hydrogens is 306 g/mol. The number of halogens is 1. The molecule has 0 aliphatic heterocycles. The summed E-state index contributed by atoms with van der Waals surface area (Å²) in [6.45, 7) is 0. The summed E-state index contributed by atoms with van der Waals surface area (Å²) in [4.78, 5) is 1.23. The average molecular weight is 322 g/mol. The predicted molar refractivity (Wildman–Crippen MR) is 81.1 cm³/mol. The van der Waals surface area contributed by atoms with E-state index in [9.17, 15) is 0 Å². The molecule has 1 saturated carbocycles. The maximum absolute atomic E-state index is 6.44. The topological polar surface area (TPSA) is 26.0 Å². The van der Waals surface area contributed by atoms with Gasteiger partial charge < -0.3 is 5.73 Å². The van der Waals surface area contributed by atoms with E-state index in [0.717, 1.165) is 10.4 Å². The van der Waals surface area contributed by atoms with Gasteiger partial charge in [0.25, 0.3) is 0 Å². The molecule has 1 aromatic carbocycles. The molecule has 1 fully saturated rings. The standard InChI is InChI=1S/C15H16BrNS/c16-11-8-14(18-9-11)15(17)13-7-2-1-6-12(13)10-4-3-5-10/h1-2,6-10,15H,3-5,17H2. The normalized spacial score (nSPS) is 17.4. The summed E-state index contributed by atoms with van der Waals surface area (Å²) >= 11 is 5.23. The van der Waals surface area contributed by atoms with Crippen LogP contribution in [0, 0.1) is 0 Å². The third kappa shape index (κ3) is 2.27. The first-order chi connectivity index (χ1) is 8.75. The molecule has 94 valence electrons. The minimum Gasteiger partial charge on any atom is -0.320 e. The third-order valence-electron chi connectivity index (χ3n) is 3.77. The van der Waals surface area contributed by atoms with Crippen LogP contribution in [0.2, 0.25) is 0 Å². The molecule has 1 heterocycles. The molecule has 1 aliphatic rings. The number of benzene rings is 1. The van der Waals surface area contributed by atoms with Gasteiger partial charge in [0, 0.05) is 14.7 Å². The Labute approximate surface area is 120 Å². The van der Waals surface area contributed by atoms with Gasteiger partial charge in [-0.3, -0.25) is 0 Å². The number of hydrogen-bond donors (Lipinski definition) is 1. The van der Waals surface area contributed by atoms with Crippen molar-refractivity contribution in [3.8, 4) is 0 Å². The molecule has 2 aromatic rings. The molecule has 1 aromatic heterocycles. The minimum atomic E-state index is 0.0121. The van der Waals surface area contributed by atoms with Crippen molar-refractivity contribution in [2.75, 3.05) is 0 Å². The van der Waals surface area contributed by atoms with Gasteiger partial charge in [-0.25, -0.2) is 0 Å². The second kappa shape index (κ2) is 5.16. The second-order valence-corrected chi connectivity index (χ2v) is 6.76. The molecule has 0 spiro atoms. The predicted octanol–water partition coefficient (Wildman–Crippen LogP) is 4.83. The fourth-order valence-electron chi connectivity index (χ4n) is 2.53. The highest BCUT2D eigenvalue weighted by Gasteiger charge is 2.24. The van der Waals surface area contributed by atoms with Crippen molar-refractivity contribution in [1.82, 2.24) is 0 Å². The zero-order valence-electron chi connectivity index (χ0n) is 10.1. The van der Waals surface area contributed by atoms with Gasteiger partial charge in [0.1, 0.15) is 0 Å². The molecule has 18 heavy (non-hydrogen) atoms. The maximum atomic E-state index is 6.44. The van der Waals surface area contributed by atoms with Gasteiger partial charge in [-0.1, -0.05) is 30.7 Å². The number of thiophene rings is 1. The first-order valence-corrected chi connectivity index (χ1v) is 8.01. The Morgan fingerprint density at radius 2 is 2.06 bits per heavy atom. The van der Waals surface area contributed by atoms with Crippen LogP contribution in [0.4, 0.5) is 0 Å². The molecular formula is C15H16BrNS. The molecule has 3 heteroatoms. The zero-order valence-corrected chi connectivity index (χ0v) is 12.5. The Morgan fingerprint density at radius 1 is 1.28 bits per heavy atom. The SMILES string of the molecule is NC(c1cc(Br)cs1)c1ccccc1C1CCC1. The molecule has 1 atom stereocenters. The Morgan fingerprint density at radius 3 is 2.67 bits per heavy atom. The highest BCUT2D eigenvalue weighted by molar-refractivity contribution is 9.10. The van der Waals surface area contributed by atoms with Gasteiger partial charge in [0.05, 0.1) is 6.04 Å². The van der Waals surface area contributed by atoms with E-state index in [0.29, 0.717) is 0 Å². The van der Waals surface area contributed by atoms with Crippen LogP contribution < -0.4 is 5.73 Å². The third-order valence-corrected chi connectivity index (χ3v) is 5.55. The smallest absolute Gasteiger partial charge is 0.0649 e. The molecule has 3 rings (SSSR count). The highest BCUT2D eigenvalue weighted by Crippen LogP contribution is 2.40. The van der Waals surface area contributed by atoms with Crippen LogP contribution >= 0.6 is 27.3 Å². The van der Waals surface area contributed by atoms with Gasteiger partial charge >= 0.3 is 0 Å². The van der Waals surface area contributed by atoms with Gasteiger partial charge in [-0.2, -0.15) is 0 Å². The van der Waals surface area contributed by atoms with Gasteiger partial charge in [-0.15, -0.1) is 11.3 Å². The largest absolute Gasteiger partial charge is 0.320 e. The lowest BCUT2D eigenvalue weighted by Gasteiger charge is -2.29. The van der Waals surface area contributed by atoms with E-state index in [2.05, 4.69) is 51.6 Å². The van der Waals surface area contributed by atoms with E-state index in [1.807, 2.05) is 0 Å². The van der Waals surface area contributed by atoms with Crippen molar-refractivity contribution in [3.63, 3.8) is 0 Å². The maximum Gasteiger partial charge on any atom is 0.0649 e. The average Bonchev–Trinajstić information content (AvgIpc) is 2.74. The quantitative estimate of drug-likeness (QED) is 0.861. The Bertz CT molecular complexity index is 545. The first-order valence-electron chi connectivity index (χ1n) is 6.34. The van der Waals surface area contributed by atoms with Gasteiger partial charge in [-0.05, 0) is 51.9 Å². The zero-order chi connectivity index (χ0) is 12.5. The molecule has 0 bridgehead atoms. The highest BCUT2D eigenvalue weighted by atomic mass is 79.9. The van der Waals surface area contributed by atoms with Crippen LogP contribution in [0.1, 0.15) is 47.2 Å². The van der Waals surface area contributed by atoms with Crippen LogP contribution in [-0.4, -0.2) is 0 Å². The summed E-state index contributed by atoms with van der Waals surface area (Å²) in [6, 6.07) is 10.8. The minimum absolute atomic E-state index is 0.0121. The van der Waals surface area contributed by atoms with Crippen LogP contribution in [0.3, 0.4) is 0 Å². The van der Waals surface area contributed by atoms with Gasteiger partial charge in [0.2, 0.25) is 0 Å². The molecule has 1 unspecified atom stereocenters. The Balaban J connectivity index is 1.95. The summed E-state index contributed by atoms with van der Waals surface area (Å²) in [5, 5.41) is 2.10. The van der Waals surface area contributed by atoms with E-state index in [1.165, 1.54) is 35.3 Å². The summed E-state index contributed by atoms with van der Waals surface area (Å²) < 4.78 is 1.12. The van der Waals surface area contributed by atoms with Crippen molar-refractivity contribution in [2.45, 2.75) is 31.2 Å². The fourth-order valence-corrected chi connectivity index (χ4v) is 3.99. The number of hydrogen-bond acceptors (Lipinski definition) is 2. The molecule has 0 amide bonds. The molecule has 0 saturated heterocycles. The lowest BCUT2D eigenvalue weighted by molar-refractivity contribution is 0.416. The summed E-state index contributed by atoms with van der Waals surface area (Å²) in [5.41, 5.74) is 9.20. The molecule has 0 radical (unpaired) electrons. The summed E-state index contributed by atoms with van der Waals surface area (Å²) in [7, 11) is 0. The summed E-state index contributed by atoms with van der Waals surface area (Å²) in [5.74, 6) is 0.732. The molecule has 1 aliphatic carbocycles. The first kappa shape index (κ1) is 12.4. The Kier molecular flexibility index (Phi) is 3.55. The summed E-state index contributed by atoms with van der Waals surface area (Å²) in [6.07, 6.45) is 3.99. The van der Waals surface area contributed by atoms with E-state index >= 15 is 0 Å². The van der Waals surface area contributed by atoms with Crippen molar-refractivity contribution >= 4 is 27.3 Å². The van der Waals surface area contributed by atoms with Crippen molar-refractivity contribution < 1.29 is 0 Å². The lowest BCUT2D eigenvalue weighted by atomic mass is 9.77. The van der Waals surface area contributed by atoms with Crippen molar-refractivity contribution in [1.29, 1.82) is 0 Å². The Hall–Kier alpha value is -0.640. The van der Waals surface area contributed by atoms with Gasteiger partial charge in [0.15, 0.2) is 0 Å². The lowest BCUT2D eigenvalue weighted by Crippen LogP contribution is -2.17. The molecule has 1 nitrogen and oxygen atoms in total. The number of rotatable bonds is 3.